The minimum atomic E-state index is -0.867. The first-order valence-electron chi connectivity index (χ1n) is 4.09. The zero-order valence-electron chi connectivity index (χ0n) is 7.43. The molecule has 0 aromatic heterocycles. The molecule has 0 aliphatic carbocycles. The van der Waals surface area contributed by atoms with Crippen LogP contribution in [0.3, 0.4) is 0 Å². The molecule has 70 valence electrons. The van der Waals surface area contributed by atoms with Gasteiger partial charge in [-0.1, -0.05) is 42.1 Å². The Hall–Kier alpha value is -0.800. The summed E-state index contributed by atoms with van der Waals surface area (Å²) in [6, 6.07) is 9.72. The van der Waals surface area contributed by atoms with E-state index in [1.54, 1.807) is 0 Å². The van der Waals surface area contributed by atoms with Crippen LogP contribution in [0.15, 0.2) is 30.3 Å². The number of benzene rings is 1. The molecule has 0 aliphatic rings. The van der Waals surface area contributed by atoms with Gasteiger partial charge in [-0.2, -0.15) is 0 Å². The molecule has 1 rings (SSSR count). The fraction of sp³-hybridized carbons (Fsp3) is 0.300. The van der Waals surface area contributed by atoms with Crippen LogP contribution in [0.4, 0.5) is 0 Å². The van der Waals surface area contributed by atoms with E-state index in [1.165, 1.54) is 6.92 Å². The highest BCUT2D eigenvalue weighted by atomic mass is 32.2. The van der Waals surface area contributed by atoms with Gasteiger partial charge in [-0.3, -0.25) is 4.79 Å². The number of hydrogen-bond donors (Lipinski definition) is 1. The first-order chi connectivity index (χ1) is 6.20. The molecule has 0 unspecified atom stereocenters. The predicted molar refractivity (Wildman–Crippen MR) is 54.4 cm³/mol. The largest absolute Gasteiger partial charge is 0.385 e. The molecular weight excluding hydrogens is 184 g/mol. The van der Waals surface area contributed by atoms with Gasteiger partial charge >= 0.3 is 0 Å². The zero-order chi connectivity index (χ0) is 9.68. The van der Waals surface area contributed by atoms with E-state index < -0.39 is 6.10 Å². The second kappa shape index (κ2) is 5.04. The molecule has 0 amide bonds. The average Bonchev–Trinajstić information content (AvgIpc) is 2.15. The molecule has 0 radical (unpaired) electrons. The van der Waals surface area contributed by atoms with Crippen molar-refractivity contribution in [3.8, 4) is 0 Å². The van der Waals surface area contributed by atoms with Gasteiger partial charge in [0.25, 0.3) is 0 Å². The van der Waals surface area contributed by atoms with E-state index in [0.29, 0.717) is 5.75 Å². The highest BCUT2D eigenvalue weighted by Crippen LogP contribution is 2.13. The second-order valence-corrected chi connectivity index (χ2v) is 3.75. The lowest BCUT2D eigenvalue weighted by Crippen LogP contribution is -2.11. The number of aliphatic hydroxyl groups is 1. The fourth-order valence-electron chi connectivity index (χ4n) is 0.849. The van der Waals surface area contributed by atoms with Crippen LogP contribution in [-0.4, -0.2) is 16.3 Å². The molecule has 1 atom stereocenters. The first-order valence-corrected chi connectivity index (χ1v) is 5.07. The van der Waals surface area contributed by atoms with Crippen LogP contribution in [0.5, 0.6) is 0 Å². The van der Waals surface area contributed by atoms with Crippen molar-refractivity contribution in [1.82, 2.24) is 0 Å². The standard InChI is InChI=1S/C10H12O2S/c1-8(11)10(12)13-7-9-5-3-2-4-6-9/h2-6,8,11H,7H2,1H3/t8-/m0/s1. The van der Waals surface area contributed by atoms with E-state index in [2.05, 4.69) is 0 Å². The Morgan fingerprint density at radius 1 is 1.46 bits per heavy atom. The molecule has 0 heterocycles. The van der Waals surface area contributed by atoms with Gasteiger partial charge in [-0.25, -0.2) is 0 Å². The van der Waals surface area contributed by atoms with E-state index in [4.69, 9.17) is 5.11 Å². The molecule has 0 saturated carbocycles. The van der Waals surface area contributed by atoms with Crippen LogP contribution in [0.25, 0.3) is 0 Å². The monoisotopic (exact) mass is 196 g/mol. The highest BCUT2D eigenvalue weighted by molar-refractivity contribution is 8.13. The maximum atomic E-state index is 11.0. The SMILES string of the molecule is C[C@H](O)C(=O)SCc1ccccc1. The van der Waals surface area contributed by atoms with E-state index in [9.17, 15) is 4.79 Å². The Labute approximate surface area is 82.0 Å². The minimum Gasteiger partial charge on any atom is -0.385 e. The van der Waals surface area contributed by atoms with E-state index in [0.717, 1.165) is 17.3 Å². The van der Waals surface area contributed by atoms with Crippen LogP contribution in [0.2, 0.25) is 0 Å². The third-order valence-electron chi connectivity index (χ3n) is 1.57. The second-order valence-electron chi connectivity index (χ2n) is 2.77. The summed E-state index contributed by atoms with van der Waals surface area (Å²) in [6.45, 7) is 1.49. The van der Waals surface area contributed by atoms with Gasteiger partial charge in [-0.15, -0.1) is 0 Å². The van der Waals surface area contributed by atoms with Crippen molar-refractivity contribution in [2.75, 3.05) is 0 Å². The van der Waals surface area contributed by atoms with Gasteiger partial charge in [0, 0.05) is 5.75 Å². The molecule has 1 N–H and O–H groups in total. The number of aliphatic hydroxyl groups excluding tert-OH is 1. The molecule has 0 spiro atoms. The molecular formula is C10H12O2S. The molecule has 3 heteroatoms. The smallest absolute Gasteiger partial charge is 0.217 e. The maximum absolute atomic E-state index is 11.0. The van der Waals surface area contributed by atoms with Crippen molar-refractivity contribution >= 4 is 16.9 Å². The first kappa shape index (κ1) is 10.3. The Bertz CT molecular complexity index is 270. The lowest BCUT2D eigenvalue weighted by atomic mass is 10.2. The van der Waals surface area contributed by atoms with Crippen LogP contribution >= 0.6 is 11.8 Å². The minimum absolute atomic E-state index is 0.177. The molecule has 0 bridgehead atoms. The summed E-state index contributed by atoms with van der Waals surface area (Å²) in [5.74, 6) is 0.630. The average molecular weight is 196 g/mol. The Kier molecular flexibility index (Phi) is 3.99. The summed E-state index contributed by atoms with van der Waals surface area (Å²) in [4.78, 5) is 11.0. The summed E-state index contributed by atoms with van der Waals surface area (Å²) in [5, 5.41) is 8.75. The highest BCUT2D eigenvalue weighted by Gasteiger charge is 2.08. The molecule has 0 aliphatic heterocycles. The van der Waals surface area contributed by atoms with Gasteiger partial charge < -0.3 is 5.11 Å². The fourth-order valence-corrected chi connectivity index (χ4v) is 1.59. The topological polar surface area (TPSA) is 37.3 Å². The van der Waals surface area contributed by atoms with Crippen molar-refractivity contribution in [3.05, 3.63) is 35.9 Å². The number of carbonyl (C=O) groups is 1. The Balaban J connectivity index is 2.40. The van der Waals surface area contributed by atoms with Gasteiger partial charge in [-0.05, 0) is 12.5 Å². The Morgan fingerprint density at radius 2 is 2.08 bits per heavy atom. The molecule has 1 aromatic rings. The van der Waals surface area contributed by atoms with Crippen molar-refractivity contribution in [3.63, 3.8) is 0 Å². The third kappa shape index (κ3) is 3.61. The lowest BCUT2D eigenvalue weighted by molar-refractivity contribution is -0.117. The number of carbonyl (C=O) groups excluding carboxylic acids is 1. The molecule has 0 fully saturated rings. The normalized spacial score (nSPS) is 12.5. The van der Waals surface area contributed by atoms with Crippen molar-refractivity contribution in [2.24, 2.45) is 0 Å². The van der Waals surface area contributed by atoms with Crippen LogP contribution < -0.4 is 0 Å². The molecule has 0 saturated heterocycles. The predicted octanol–water partition coefficient (Wildman–Crippen LogP) is 1.83. The molecule has 2 nitrogen and oxygen atoms in total. The lowest BCUT2D eigenvalue weighted by Gasteiger charge is -2.02. The van der Waals surface area contributed by atoms with E-state index in [-0.39, 0.29) is 5.12 Å². The van der Waals surface area contributed by atoms with Crippen LogP contribution in [-0.2, 0) is 10.5 Å². The van der Waals surface area contributed by atoms with Gasteiger partial charge in [0.05, 0.1) is 0 Å². The van der Waals surface area contributed by atoms with Crippen LogP contribution in [0.1, 0.15) is 12.5 Å². The Morgan fingerprint density at radius 3 is 2.62 bits per heavy atom. The summed E-state index contributed by atoms with van der Waals surface area (Å²) >= 11 is 1.15. The summed E-state index contributed by atoms with van der Waals surface area (Å²) in [6.07, 6.45) is -0.867. The third-order valence-corrected chi connectivity index (χ3v) is 2.67. The molecule has 13 heavy (non-hydrogen) atoms. The summed E-state index contributed by atoms with van der Waals surface area (Å²) in [7, 11) is 0. The quantitative estimate of drug-likeness (QED) is 0.801. The van der Waals surface area contributed by atoms with E-state index in [1.807, 2.05) is 30.3 Å². The van der Waals surface area contributed by atoms with Gasteiger partial charge in [0.2, 0.25) is 5.12 Å². The maximum Gasteiger partial charge on any atom is 0.217 e. The molecule has 1 aromatic carbocycles. The number of hydrogen-bond acceptors (Lipinski definition) is 3. The van der Waals surface area contributed by atoms with Crippen molar-refractivity contribution < 1.29 is 9.90 Å². The van der Waals surface area contributed by atoms with Crippen molar-refractivity contribution in [1.29, 1.82) is 0 Å². The van der Waals surface area contributed by atoms with Crippen LogP contribution in [0, 0.1) is 0 Å². The number of thioether (sulfide) groups is 1. The van der Waals surface area contributed by atoms with Crippen molar-refractivity contribution in [2.45, 2.75) is 18.8 Å². The van der Waals surface area contributed by atoms with Gasteiger partial charge in [0.15, 0.2) is 0 Å². The summed E-state index contributed by atoms with van der Waals surface area (Å²) < 4.78 is 0. The van der Waals surface area contributed by atoms with Gasteiger partial charge in [0.1, 0.15) is 6.10 Å². The zero-order valence-corrected chi connectivity index (χ0v) is 8.25. The number of rotatable bonds is 3. The van der Waals surface area contributed by atoms with E-state index >= 15 is 0 Å². The summed E-state index contributed by atoms with van der Waals surface area (Å²) in [5.41, 5.74) is 1.10.